The van der Waals surface area contributed by atoms with Gasteiger partial charge in [0.25, 0.3) is 0 Å². The molecule has 0 spiro atoms. The van der Waals surface area contributed by atoms with Crippen molar-refractivity contribution < 1.29 is 0 Å². The minimum absolute atomic E-state index is 0.181. The second-order valence-corrected chi connectivity index (χ2v) is 4.99. The molecule has 16 heavy (non-hydrogen) atoms. The second-order valence-electron chi connectivity index (χ2n) is 4.99. The predicted octanol–water partition coefficient (Wildman–Crippen LogP) is 1.13. The van der Waals surface area contributed by atoms with E-state index in [9.17, 15) is 4.79 Å². The first-order valence-corrected chi connectivity index (χ1v) is 6.35. The van der Waals surface area contributed by atoms with Crippen molar-refractivity contribution in [3.05, 3.63) is 22.9 Å². The van der Waals surface area contributed by atoms with Crippen molar-refractivity contribution in [2.45, 2.75) is 50.7 Å². The van der Waals surface area contributed by atoms with E-state index in [1.165, 1.54) is 25.7 Å². The third-order valence-corrected chi connectivity index (χ3v) is 3.69. The van der Waals surface area contributed by atoms with Crippen LogP contribution >= 0.6 is 0 Å². The Bertz CT molecular complexity index is 410. The molecule has 0 amide bonds. The minimum Gasteiger partial charge on any atom is -0.314 e. The monoisotopic (exact) mass is 221 g/mol. The zero-order valence-corrected chi connectivity index (χ0v) is 9.56. The number of aromatic nitrogens is 2. The third kappa shape index (κ3) is 1.94. The van der Waals surface area contributed by atoms with Gasteiger partial charge in [0.1, 0.15) is 0 Å². The maximum absolute atomic E-state index is 12.0. The van der Waals surface area contributed by atoms with Crippen LogP contribution in [0.25, 0.3) is 0 Å². The van der Waals surface area contributed by atoms with Crippen LogP contribution in [-0.4, -0.2) is 21.7 Å². The van der Waals surface area contributed by atoms with Crippen LogP contribution in [0.1, 0.15) is 38.1 Å². The summed E-state index contributed by atoms with van der Waals surface area (Å²) in [5, 5.41) is 3.47. The van der Waals surface area contributed by atoms with E-state index in [1.54, 1.807) is 0 Å². The van der Waals surface area contributed by atoms with Gasteiger partial charge in [-0.2, -0.15) is 0 Å². The van der Waals surface area contributed by atoms with Gasteiger partial charge >= 0.3 is 5.69 Å². The minimum atomic E-state index is 0.181. The third-order valence-electron chi connectivity index (χ3n) is 3.69. The lowest BCUT2D eigenvalue weighted by Gasteiger charge is -2.09. The molecule has 3 rings (SSSR count). The Balaban J connectivity index is 1.63. The molecular weight excluding hydrogens is 202 g/mol. The molecule has 2 heterocycles. The first-order valence-electron chi connectivity index (χ1n) is 6.35. The lowest BCUT2D eigenvalue weighted by atomic mass is 10.1. The molecule has 0 bridgehead atoms. The molecule has 4 heteroatoms. The highest BCUT2D eigenvalue weighted by Crippen LogP contribution is 2.33. The van der Waals surface area contributed by atoms with Gasteiger partial charge in [-0.05, 0) is 38.6 Å². The molecule has 2 aliphatic rings. The fourth-order valence-electron chi connectivity index (χ4n) is 2.53. The number of nitrogens with zero attached hydrogens (tertiary/aromatic N) is 2. The van der Waals surface area contributed by atoms with Crippen molar-refractivity contribution in [1.29, 1.82) is 0 Å². The maximum Gasteiger partial charge on any atom is 0.328 e. The normalized spacial score (nSPS) is 25.1. The zero-order valence-electron chi connectivity index (χ0n) is 9.56. The molecule has 1 aromatic rings. The summed E-state index contributed by atoms with van der Waals surface area (Å²) < 4.78 is 3.75. The Morgan fingerprint density at radius 1 is 1.31 bits per heavy atom. The van der Waals surface area contributed by atoms with Crippen molar-refractivity contribution in [3.8, 4) is 0 Å². The first kappa shape index (κ1) is 10.1. The largest absolute Gasteiger partial charge is 0.328 e. The zero-order chi connectivity index (χ0) is 11.0. The van der Waals surface area contributed by atoms with Crippen LogP contribution in [0.5, 0.6) is 0 Å². The highest BCUT2D eigenvalue weighted by molar-refractivity contribution is 4.91. The molecule has 0 aromatic carbocycles. The molecule has 1 saturated heterocycles. The summed E-state index contributed by atoms with van der Waals surface area (Å²) in [6.45, 7) is 2.00. The van der Waals surface area contributed by atoms with Crippen molar-refractivity contribution in [3.63, 3.8) is 0 Å². The molecule has 1 saturated carbocycles. The van der Waals surface area contributed by atoms with Crippen LogP contribution in [0, 0.1) is 0 Å². The smallest absolute Gasteiger partial charge is 0.314 e. The Morgan fingerprint density at radius 3 is 2.88 bits per heavy atom. The van der Waals surface area contributed by atoms with E-state index >= 15 is 0 Å². The molecule has 88 valence electrons. The molecule has 1 N–H and O–H groups in total. The Hall–Kier alpha value is -1.03. The van der Waals surface area contributed by atoms with Gasteiger partial charge in [-0.15, -0.1) is 0 Å². The quantitative estimate of drug-likeness (QED) is 0.827. The van der Waals surface area contributed by atoms with E-state index in [2.05, 4.69) is 5.32 Å². The van der Waals surface area contributed by atoms with Gasteiger partial charge in [0.05, 0.1) is 0 Å². The van der Waals surface area contributed by atoms with Gasteiger partial charge in [-0.1, -0.05) is 0 Å². The van der Waals surface area contributed by atoms with Crippen molar-refractivity contribution in [2.75, 3.05) is 6.54 Å². The van der Waals surface area contributed by atoms with E-state index in [0.717, 1.165) is 19.5 Å². The second kappa shape index (κ2) is 4.09. The van der Waals surface area contributed by atoms with Crippen LogP contribution in [0.3, 0.4) is 0 Å². The first-order chi connectivity index (χ1) is 7.84. The van der Waals surface area contributed by atoms with Gasteiger partial charge in [0.2, 0.25) is 0 Å². The van der Waals surface area contributed by atoms with Crippen molar-refractivity contribution in [1.82, 2.24) is 14.5 Å². The molecule has 1 aromatic heterocycles. The van der Waals surface area contributed by atoms with Crippen LogP contribution in [0.15, 0.2) is 17.2 Å². The van der Waals surface area contributed by atoms with Gasteiger partial charge in [-0.25, -0.2) is 4.79 Å². The average molecular weight is 221 g/mol. The van der Waals surface area contributed by atoms with Crippen LogP contribution < -0.4 is 11.0 Å². The topological polar surface area (TPSA) is 39.0 Å². The molecule has 1 atom stereocenters. The van der Waals surface area contributed by atoms with E-state index in [0.29, 0.717) is 12.1 Å². The molecule has 1 unspecified atom stereocenters. The van der Waals surface area contributed by atoms with Crippen LogP contribution in [-0.2, 0) is 6.54 Å². The average Bonchev–Trinajstić information content (AvgIpc) is 2.87. The van der Waals surface area contributed by atoms with E-state index < -0.39 is 0 Å². The molecule has 1 aliphatic carbocycles. The Labute approximate surface area is 95.3 Å². The molecule has 1 aliphatic heterocycles. The standard InChI is InChI=1S/C12H19N3O/c16-12-14(7-5-10-2-1-6-13-10)8-9-15(12)11-3-4-11/h8-11,13H,1-7H2. The number of rotatable bonds is 4. The SMILES string of the molecule is O=c1n(CCC2CCCN2)ccn1C1CC1. The molecular formula is C12H19N3O. The Morgan fingerprint density at radius 2 is 2.19 bits per heavy atom. The predicted molar refractivity (Wildman–Crippen MR) is 62.6 cm³/mol. The van der Waals surface area contributed by atoms with E-state index in [-0.39, 0.29) is 5.69 Å². The summed E-state index contributed by atoms with van der Waals surface area (Å²) in [5.41, 5.74) is 0.181. The number of hydrogen-bond acceptors (Lipinski definition) is 2. The summed E-state index contributed by atoms with van der Waals surface area (Å²) in [6.07, 6.45) is 9.86. The summed E-state index contributed by atoms with van der Waals surface area (Å²) in [4.78, 5) is 12.0. The van der Waals surface area contributed by atoms with Gasteiger partial charge in [0.15, 0.2) is 0 Å². The van der Waals surface area contributed by atoms with Crippen molar-refractivity contribution in [2.24, 2.45) is 0 Å². The van der Waals surface area contributed by atoms with E-state index in [4.69, 9.17) is 0 Å². The van der Waals surface area contributed by atoms with Crippen LogP contribution in [0.2, 0.25) is 0 Å². The van der Waals surface area contributed by atoms with Gasteiger partial charge in [0, 0.05) is 31.0 Å². The fourth-order valence-corrected chi connectivity index (χ4v) is 2.53. The number of hydrogen-bond donors (Lipinski definition) is 1. The summed E-state index contributed by atoms with van der Waals surface area (Å²) in [6, 6.07) is 1.12. The molecule has 0 radical (unpaired) electrons. The lowest BCUT2D eigenvalue weighted by Crippen LogP contribution is -2.27. The maximum atomic E-state index is 12.0. The van der Waals surface area contributed by atoms with Gasteiger partial charge in [-0.3, -0.25) is 9.13 Å². The highest BCUT2D eigenvalue weighted by atomic mass is 16.1. The van der Waals surface area contributed by atoms with Crippen molar-refractivity contribution >= 4 is 0 Å². The Kier molecular flexibility index (Phi) is 2.59. The fraction of sp³-hybridized carbons (Fsp3) is 0.750. The molecule has 2 fully saturated rings. The lowest BCUT2D eigenvalue weighted by molar-refractivity contribution is 0.493. The molecule has 4 nitrogen and oxygen atoms in total. The van der Waals surface area contributed by atoms with Crippen LogP contribution in [0.4, 0.5) is 0 Å². The van der Waals surface area contributed by atoms with E-state index in [1.807, 2.05) is 21.5 Å². The number of nitrogens with one attached hydrogen (secondary N) is 1. The number of imidazole rings is 1. The summed E-state index contributed by atoms with van der Waals surface area (Å²) >= 11 is 0. The number of aryl methyl sites for hydroxylation is 1. The van der Waals surface area contributed by atoms with Gasteiger partial charge < -0.3 is 5.32 Å². The highest BCUT2D eigenvalue weighted by Gasteiger charge is 2.25. The summed E-state index contributed by atoms with van der Waals surface area (Å²) in [5.74, 6) is 0. The summed E-state index contributed by atoms with van der Waals surface area (Å²) in [7, 11) is 0.